The molecule has 26 heavy (non-hydrogen) atoms. The summed E-state index contributed by atoms with van der Waals surface area (Å²) < 4.78 is 6.17. The molecule has 3 heterocycles. The summed E-state index contributed by atoms with van der Waals surface area (Å²) in [5.74, 6) is 0.410. The Morgan fingerprint density at radius 1 is 1.35 bits per heavy atom. The average Bonchev–Trinajstić information content (AvgIpc) is 3.21. The van der Waals surface area contributed by atoms with Crippen molar-refractivity contribution in [1.29, 1.82) is 0 Å². The minimum atomic E-state index is -0.0483. The van der Waals surface area contributed by atoms with E-state index in [1.165, 1.54) is 22.7 Å². The Morgan fingerprint density at radius 3 is 2.69 bits per heavy atom. The summed E-state index contributed by atoms with van der Waals surface area (Å²) in [6, 6.07) is 4.11. The second-order valence-electron chi connectivity index (χ2n) is 6.71. The van der Waals surface area contributed by atoms with E-state index >= 15 is 0 Å². The number of aryl methyl sites for hydroxylation is 1. The van der Waals surface area contributed by atoms with Crippen LogP contribution in [0.2, 0.25) is 4.34 Å². The van der Waals surface area contributed by atoms with Crippen LogP contribution in [-0.4, -0.2) is 54.7 Å². The predicted molar refractivity (Wildman–Crippen MR) is 109 cm³/mol. The molecule has 1 amide bonds. The number of hydrogen-bond acceptors (Lipinski definition) is 6. The highest BCUT2D eigenvalue weighted by atomic mass is 35.5. The van der Waals surface area contributed by atoms with Gasteiger partial charge in [-0.1, -0.05) is 25.4 Å². The zero-order valence-corrected chi connectivity index (χ0v) is 17.6. The third-order valence-electron chi connectivity index (χ3n) is 4.54. The van der Waals surface area contributed by atoms with Crippen molar-refractivity contribution < 1.29 is 9.53 Å². The molecule has 1 aliphatic rings. The van der Waals surface area contributed by atoms with E-state index in [0.29, 0.717) is 23.4 Å². The molecule has 0 spiro atoms. The lowest BCUT2D eigenvalue weighted by molar-refractivity contribution is 0.00673. The molecule has 1 aliphatic heterocycles. The fourth-order valence-corrected chi connectivity index (χ4v) is 5.20. The van der Waals surface area contributed by atoms with Gasteiger partial charge in [-0.15, -0.1) is 22.7 Å². The van der Waals surface area contributed by atoms with Gasteiger partial charge in [-0.3, -0.25) is 9.69 Å². The lowest BCUT2D eigenvalue weighted by Gasteiger charge is -2.36. The lowest BCUT2D eigenvalue weighted by Crippen LogP contribution is -2.51. The summed E-state index contributed by atoms with van der Waals surface area (Å²) >= 11 is 8.91. The van der Waals surface area contributed by atoms with Crippen molar-refractivity contribution in [3.63, 3.8) is 0 Å². The summed E-state index contributed by atoms with van der Waals surface area (Å²) in [6.07, 6.45) is 0. The molecule has 1 unspecified atom stereocenters. The van der Waals surface area contributed by atoms with Gasteiger partial charge in [0.2, 0.25) is 0 Å². The van der Waals surface area contributed by atoms with Crippen LogP contribution in [0.25, 0.3) is 9.88 Å². The highest BCUT2D eigenvalue weighted by Crippen LogP contribution is 2.34. The fraction of sp³-hybridized carbons (Fsp3) is 0.556. The lowest BCUT2D eigenvalue weighted by atomic mass is 10.0. The maximum atomic E-state index is 12.7. The van der Waals surface area contributed by atoms with Crippen molar-refractivity contribution in [2.45, 2.75) is 26.8 Å². The number of amides is 1. The van der Waals surface area contributed by atoms with Crippen LogP contribution < -0.4 is 5.32 Å². The van der Waals surface area contributed by atoms with E-state index in [4.69, 9.17) is 16.3 Å². The number of thiazole rings is 1. The second-order valence-corrected chi connectivity index (χ2v) is 9.42. The average molecular weight is 414 g/mol. The molecule has 142 valence electrons. The number of morpholine rings is 1. The first kappa shape index (κ1) is 19.8. The molecule has 0 aromatic carbocycles. The summed E-state index contributed by atoms with van der Waals surface area (Å²) in [7, 11) is 0. The van der Waals surface area contributed by atoms with Crippen molar-refractivity contribution in [2.75, 3.05) is 32.8 Å². The van der Waals surface area contributed by atoms with Gasteiger partial charge in [-0.2, -0.15) is 0 Å². The summed E-state index contributed by atoms with van der Waals surface area (Å²) in [6.45, 7) is 10.3. The highest BCUT2D eigenvalue weighted by molar-refractivity contribution is 7.24. The largest absolute Gasteiger partial charge is 0.379 e. The van der Waals surface area contributed by atoms with E-state index in [2.05, 4.69) is 29.0 Å². The Labute approximate surface area is 167 Å². The van der Waals surface area contributed by atoms with Gasteiger partial charge in [0.05, 0.1) is 28.1 Å². The monoisotopic (exact) mass is 413 g/mol. The van der Waals surface area contributed by atoms with E-state index in [0.717, 1.165) is 46.2 Å². The van der Waals surface area contributed by atoms with Gasteiger partial charge in [0.25, 0.3) is 5.91 Å². The molecule has 2 aromatic heterocycles. The SMILES string of the molecule is Cc1nc(-c2ccc(Cl)s2)sc1C(=O)NCC(C(C)C)N1CCOCC1. The number of halogens is 1. The summed E-state index contributed by atoms with van der Waals surface area (Å²) in [5.41, 5.74) is 0.763. The van der Waals surface area contributed by atoms with Crippen LogP contribution in [0.4, 0.5) is 0 Å². The van der Waals surface area contributed by atoms with Crippen LogP contribution in [0, 0.1) is 12.8 Å². The van der Waals surface area contributed by atoms with Crippen molar-refractivity contribution in [1.82, 2.24) is 15.2 Å². The topological polar surface area (TPSA) is 54.5 Å². The van der Waals surface area contributed by atoms with Crippen LogP contribution in [0.3, 0.4) is 0 Å². The molecular formula is C18H24ClN3O2S2. The van der Waals surface area contributed by atoms with Gasteiger partial charge in [-0.25, -0.2) is 4.98 Å². The molecule has 2 aromatic rings. The molecule has 0 saturated carbocycles. The van der Waals surface area contributed by atoms with Crippen LogP contribution in [0.1, 0.15) is 29.2 Å². The Hall–Kier alpha value is -0.990. The fourth-order valence-electron chi connectivity index (χ4n) is 3.11. The van der Waals surface area contributed by atoms with Gasteiger partial charge >= 0.3 is 0 Å². The second kappa shape index (κ2) is 8.80. The van der Waals surface area contributed by atoms with E-state index in [1.54, 1.807) is 0 Å². The van der Waals surface area contributed by atoms with Gasteiger partial charge in [0.15, 0.2) is 0 Å². The minimum Gasteiger partial charge on any atom is -0.379 e. The van der Waals surface area contributed by atoms with E-state index in [1.807, 2.05) is 19.1 Å². The molecule has 1 N–H and O–H groups in total. The predicted octanol–water partition coefficient (Wildman–Crippen LogP) is 3.92. The molecule has 0 radical (unpaired) electrons. The summed E-state index contributed by atoms with van der Waals surface area (Å²) in [5, 5.41) is 3.96. The van der Waals surface area contributed by atoms with E-state index < -0.39 is 0 Å². The Kier molecular flexibility index (Phi) is 6.69. The molecule has 1 saturated heterocycles. The van der Waals surface area contributed by atoms with Gasteiger partial charge in [-0.05, 0) is 25.0 Å². The van der Waals surface area contributed by atoms with Crippen LogP contribution in [-0.2, 0) is 4.74 Å². The van der Waals surface area contributed by atoms with Crippen LogP contribution in [0.15, 0.2) is 12.1 Å². The van der Waals surface area contributed by atoms with E-state index in [9.17, 15) is 4.79 Å². The molecular weight excluding hydrogens is 390 g/mol. The number of thiophene rings is 1. The van der Waals surface area contributed by atoms with Crippen LogP contribution in [0.5, 0.6) is 0 Å². The van der Waals surface area contributed by atoms with Gasteiger partial charge in [0.1, 0.15) is 9.88 Å². The maximum absolute atomic E-state index is 12.7. The third-order valence-corrected chi connectivity index (χ3v) is 7.10. The third kappa shape index (κ3) is 4.64. The van der Waals surface area contributed by atoms with Crippen LogP contribution >= 0.6 is 34.3 Å². The molecule has 3 rings (SSSR count). The number of nitrogens with one attached hydrogen (secondary N) is 1. The zero-order valence-electron chi connectivity index (χ0n) is 15.3. The van der Waals surface area contributed by atoms with Crippen molar-refractivity contribution in [2.24, 2.45) is 5.92 Å². The number of aromatic nitrogens is 1. The number of rotatable bonds is 6. The number of carbonyl (C=O) groups excluding carboxylic acids is 1. The molecule has 5 nitrogen and oxygen atoms in total. The van der Waals surface area contributed by atoms with Gasteiger partial charge < -0.3 is 10.1 Å². The normalized spacial score (nSPS) is 16.8. The first-order valence-electron chi connectivity index (χ1n) is 8.79. The molecule has 0 bridgehead atoms. The number of carbonyl (C=O) groups is 1. The minimum absolute atomic E-state index is 0.0483. The highest BCUT2D eigenvalue weighted by Gasteiger charge is 2.25. The van der Waals surface area contributed by atoms with Gasteiger partial charge in [0, 0.05) is 25.7 Å². The smallest absolute Gasteiger partial charge is 0.263 e. The van der Waals surface area contributed by atoms with Crippen molar-refractivity contribution in [3.05, 3.63) is 27.0 Å². The maximum Gasteiger partial charge on any atom is 0.263 e. The Bertz CT molecular complexity index is 753. The Morgan fingerprint density at radius 2 is 2.08 bits per heavy atom. The number of nitrogens with zero attached hydrogens (tertiary/aromatic N) is 2. The Balaban J connectivity index is 1.66. The van der Waals surface area contributed by atoms with Crippen molar-refractivity contribution in [3.8, 4) is 9.88 Å². The standard InChI is InChI=1S/C18H24ClN3O2S2/c1-11(2)13(22-6-8-24-9-7-22)10-20-17(23)16-12(3)21-18(26-16)14-4-5-15(19)25-14/h4-5,11,13H,6-10H2,1-3H3,(H,20,23). The van der Waals surface area contributed by atoms with Crippen molar-refractivity contribution >= 4 is 40.2 Å². The molecule has 1 atom stereocenters. The first-order valence-corrected chi connectivity index (χ1v) is 10.8. The number of ether oxygens (including phenoxy) is 1. The zero-order chi connectivity index (χ0) is 18.7. The first-order chi connectivity index (χ1) is 12.5. The number of hydrogen-bond donors (Lipinski definition) is 1. The summed E-state index contributed by atoms with van der Waals surface area (Å²) in [4.78, 5) is 21.3. The quantitative estimate of drug-likeness (QED) is 0.779. The van der Waals surface area contributed by atoms with E-state index in [-0.39, 0.29) is 5.91 Å². The molecule has 8 heteroatoms. The molecule has 1 fully saturated rings. The molecule has 0 aliphatic carbocycles.